The van der Waals surface area contributed by atoms with Crippen molar-refractivity contribution in [2.75, 3.05) is 49.2 Å². The smallest absolute Gasteiger partial charge is 0.158 e. The van der Waals surface area contributed by atoms with Crippen LogP contribution in [0.15, 0.2) is 36.9 Å². The molecule has 10 heteroatoms. The second kappa shape index (κ2) is 7.37. The molecule has 1 fully saturated rings. The van der Waals surface area contributed by atoms with Crippen molar-refractivity contribution in [1.82, 2.24) is 29.9 Å². The SMILES string of the molecule is CN1CCN(c2ccc(-n3ccnn3)cc2Nc2ncnc(Cl)c2N)CC1. The molecule has 27 heavy (non-hydrogen) atoms. The molecule has 1 aliphatic rings. The third-order valence-electron chi connectivity index (χ3n) is 4.60. The number of likely N-dealkylation sites (N-methyl/N-ethyl adjacent to an activating group) is 1. The van der Waals surface area contributed by atoms with E-state index in [1.807, 2.05) is 12.1 Å². The summed E-state index contributed by atoms with van der Waals surface area (Å²) in [5.74, 6) is 0.473. The molecule has 1 aromatic carbocycles. The van der Waals surface area contributed by atoms with Crippen LogP contribution in [0.3, 0.4) is 0 Å². The molecule has 9 nitrogen and oxygen atoms in total. The van der Waals surface area contributed by atoms with Crippen LogP contribution >= 0.6 is 11.6 Å². The minimum Gasteiger partial charge on any atom is -0.393 e. The molecule has 1 saturated heterocycles. The average molecular weight is 386 g/mol. The Hall–Kier alpha value is -2.91. The molecule has 140 valence electrons. The summed E-state index contributed by atoms with van der Waals surface area (Å²) in [5.41, 5.74) is 9.18. The Morgan fingerprint density at radius 2 is 1.96 bits per heavy atom. The van der Waals surface area contributed by atoms with E-state index in [1.165, 1.54) is 6.33 Å². The van der Waals surface area contributed by atoms with Crippen molar-refractivity contribution in [3.8, 4) is 5.69 Å². The molecule has 3 aromatic rings. The fraction of sp³-hybridized carbons (Fsp3) is 0.294. The van der Waals surface area contributed by atoms with Crippen LogP contribution in [0, 0.1) is 0 Å². The van der Waals surface area contributed by atoms with Crippen molar-refractivity contribution in [3.63, 3.8) is 0 Å². The zero-order valence-corrected chi connectivity index (χ0v) is 15.6. The van der Waals surface area contributed by atoms with Crippen molar-refractivity contribution >= 4 is 34.5 Å². The molecular weight excluding hydrogens is 366 g/mol. The largest absolute Gasteiger partial charge is 0.393 e. The summed E-state index contributed by atoms with van der Waals surface area (Å²) >= 11 is 6.04. The van der Waals surface area contributed by atoms with Gasteiger partial charge in [-0.2, -0.15) is 0 Å². The molecule has 0 unspecified atom stereocenters. The number of halogens is 1. The molecule has 0 atom stereocenters. The Balaban J connectivity index is 1.73. The standard InChI is InChI=1S/C17H20ClN9/c1-25-6-8-26(9-7-25)14-3-2-12(27-5-4-22-24-27)10-13(14)23-17-15(19)16(18)20-11-21-17/h2-5,10-11H,6-9,19H2,1H3,(H,20,21,23). The first-order valence-electron chi connectivity index (χ1n) is 8.59. The Bertz CT molecular complexity index is 920. The molecule has 4 rings (SSSR count). The normalized spacial score (nSPS) is 15.1. The predicted molar refractivity (Wildman–Crippen MR) is 106 cm³/mol. The summed E-state index contributed by atoms with van der Waals surface area (Å²) in [7, 11) is 2.13. The van der Waals surface area contributed by atoms with Crippen LogP contribution in [0.25, 0.3) is 5.69 Å². The zero-order chi connectivity index (χ0) is 18.8. The first-order chi connectivity index (χ1) is 13.1. The summed E-state index contributed by atoms with van der Waals surface area (Å²) in [6.07, 6.45) is 4.83. The number of aromatic nitrogens is 5. The van der Waals surface area contributed by atoms with E-state index >= 15 is 0 Å². The summed E-state index contributed by atoms with van der Waals surface area (Å²) in [6.45, 7) is 3.89. The first-order valence-corrected chi connectivity index (χ1v) is 8.97. The van der Waals surface area contributed by atoms with Crippen LogP contribution in [0.1, 0.15) is 0 Å². The maximum atomic E-state index is 6.04. The molecule has 3 N–H and O–H groups in total. The number of nitrogens with zero attached hydrogens (tertiary/aromatic N) is 7. The molecule has 0 bridgehead atoms. The molecule has 3 heterocycles. The highest BCUT2D eigenvalue weighted by Crippen LogP contribution is 2.33. The minimum atomic E-state index is 0.223. The Morgan fingerprint density at radius 3 is 2.70 bits per heavy atom. The van der Waals surface area contributed by atoms with E-state index in [0.717, 1.165) is 43.2 Å². The van der Waals surface area contributed by atoms with Gasteiger partial charge in [-0.1, -0.05) is 16.8 Å². The van der Waals surface area contributed by atoms with Gasteiger partial charge in [0.15, 0.2) is 11.0 Å². The average Bonchev–Trinajstić information content (AvgIpc) is 3.21. The second-order valence-corrected chi connectivity index (χ2v) is 6.75. The third kappa shape index (κ3) is 3.64. The van der Waals surface area contributed by atoms with Crippen molar-refractivity contribution in [2.45, 2.75) is 0 Å². The molecule has 0 aliphatic carbocycles. The van der Waals surface area contributed by atoms with E-state index < -0.39 is 0 Å². The summed E-state index contributed by atoms with van der Waals surface area (Å²) < 4.78 is 1.70. The minimum absolute atomic E-state index is 0.223. The maximum absolute atomic E-state index is 6.04. The second-order valence-electron chi connectivity index (χ2n) is 6.39. The zero-order valence-electron chi connectivity index (χ0n) is 14.9. The van der Waals surface area contributed by atoms with Crippen LogP contribution in [0.2, 0.25) is 5.15 Å². The van der Waals surface area contributed by atoms with Crippen LogP contribution in [-0.4, -0.2) is 63.1 Å². The van der Waals surface area contributed by atoms with E-state index in [2.05, 4.69) is 48.5 Å². The molecule has 0 saturated carbocycles. The van der Waals surface area contributed by atoms with E-state index in [0.29, 0.717) is 11.5 Å². The molecule has 0 radical (unpaired) electrons. The monoisotopic (exact) mass is 385 g/mol. The first kappa shape index (κ1) is 17.5. The van der Waals surface area contributed by atoms with Gasteiger partial charge in [0.05, 0.1) is 29.5 Å². The molecular formula is C17H20ClN9. The van der Waals surface area contributed by atoms with Gasteiger partial charge in [0.1, 0.15) is 12.0 Å². The van der Waals surface area contributed by atoms with Crippen molar-refractivity contribution in [3.05, 3.63) is 42.1 Å². The summed E-state index contributed by atoms with van der Waals surface area (Å²) in [5, 5.41) is 11.5. The van der Waals surface area contributed by atoms with Gasteiger partial charge in [0, 0.05) is 26.2 Å². The van der Waals surface area contributed by atoms with Gasteiger partial charge in [-0.3, -0.25) is 0 Å². The Kier molecular flexibility index (Phi) is 4.78. The lowest BCUT2D eigenvalue weighted by Crippen LogP contribution is -2.44. The number of nitrogens with two attached hydrogens (primary N) is 1. The van der Waals surface area contributed by atoms with Crippen molar-refractivity contribution in [1.29, 1.82) is 0 Å². The predicted octanol–water partition coefficient (Wildman–Crippen LogP) is 1.79. The fourth-order valence-corrected chi connectivity index (χ4v) is 3.17. The van der Waals surface area contributed by atoms with Gasteiger partial charge in [-0.05, 0) is 25.2 Å². The number of nitrogens with one attached hydrogen (secondary N) is 1. The van der Waals surface area contributed by atoms with Gasteiger partial charge >= 0.3 is 0 Å². The van der Waals surface area contributed by atoms with Crippen LogP contribution < -0.4 is 16.0 Å². The summed E-state index contributed by atoms with van der Waals surface area (Å²) in [4.78, 5) is 12.8. The molecule has 0 spiro atoms. The highest BCUT2D eigenvalue weighted by Gasteiger charge is 2.19. The molecule has 1 aliphatic heterocycles. The summed E-state index contributed by atoms with van der Waals surface area (Å²) in [6, 6.07) is 6.09. The van der Waals surface area contributed by atoms with Gasteiger partial charge in [0.25, 0.3) is 0 Å². The number of benzene rings is 1. The number of anilines is 4. The number of hydrogen-bond donors (Lipinski definition) is 2. The van der Waals surface area contributed by atoms with Crippen LogP contribution in [0.4, 0.5) is 22.9 Å². The van der Waals surface area contributed by atoms with Crippen LogP contribution in [-0.2, 0) is 0 Å². The number of piperazine rings is 1. The van der Waals surface area contributed by atoms with Gasteiger partial charge in [0.2, 0.25) is 0 Å². The van der Waals surface area contributed by atoms with E-state index in [1.54, 1.807) is 17.1 Å². The van der Waals surface area contributed by atoms with E-state index in [4.69, 9.17) is 17.3 Å². The van der Waals surface area contributed by atoms with Crippen molar-refractivity contribution in [2.24, 2.45) is 0 Å². The number of nitrogen functional groups attached to an aromatic ring is 1. The number of rotatable bonds is 4. The van der Waals surface area contributed by atoms with E-state index in [9.17, 15) is 0 Å². The van der Waals surface area contributed by atoms with E-state index in [-0.39, 0.29) is 5.15 Å². The fourth-order valence-electron chi connectivity index (χ4n) is 3.04. The number of hydrogen-bond acceptors (Lipinski definition) is 8. The Morgan fingerprint density at radius 1 is 1.15 bits per heavy atom. The lowest BCUT2D eigenvalue weighted by molar-refractivity contribution is 0.313. The highest BCUT2D eigenvalue weighted by molar-refractivity contribution is 6.32. The van der Waals surface area contributed by atoms with Gasteiger partial charge in [-0.25, -0.2) is 14.6 Å². The third-order valence-corrected chi connectivity index (χ3v) is 4.90. The van der Waals surface area contributed by atoms with Gasteiger partial charge < -0.3 is 20.9 Å². The molecule has 2 aromatic heterocycles. The quantitative estimate of drug-likeness (QED) is 0.655. The highest BCUT2D eigenvalue weighted by atomic mass is 35.5. The maximum Gasteiger partial charge on any atom is 0.158 e. The molecule has 0 amide bonds. The van der Waals surface area contributed by atoms with Crippen molar-refractivity contribution < 1.29 is 0 Å². The lowest BCUT2D eigenvalue weighted by atomic mass is 10.2. The van der Waals surface area contributed by atoms with Crippen LogP contribution in [0.5, 0.6) is 0 Å². The van der Waals surface area contributed by atoms with Gasteiger partial charge in [-0.15, -0.1) is 5.10 Å². The lowest BCUT2D eigenvalue weighted by Gasteiger charge is -2.35. The Labute approximate surface area is 161 Å². The topological polar surface area (TPSA) is 101 Å².